The van der Waals surface area contributed by atoms with Gasteiger partial charge >= 0.3 is 0 Å². The van der Waals surface area contributed by atoms with Gasteiger partial charge in [0.05, 0.1) is 17.9 Å². The van der Waals surface area contributed by atoms with Gasteiger partial charge in [-0.15, -0.1) is 0 Å². The first-order valence-corrected chi connectivity index (χ1v) is 10.6. The highest BCUT2D eigenvalue weighted by atomic mass is 19.3. The van der Waals surface area contributed by atoms with E-state index in [0.717, 1.165) is 16.9 Å². The van der Waals surface area contributed by atoms with Crippen molar-refractivity contribution >= 4 is 34.3 Å². The number of anilines is 2. The Morgan fingerprint density at radius 2 is 1.97 bits per heavy atom. The molecule has 172 valence electrons. The molecule has 0 bridgehead atoms. The summed E-state index contributed by atoms with van der Waals surface area (Å²) in [5.41, 5.74) is 8.24. The predicted molar refractivity (Wildman–Crippen MR) is 130 cm³/mol. The van der Waals surface area contributed by atoms with Crippen molar-refractivity contribution in [1.29, 1.82) is 5.41 Å². The summed E-state index contributed by atoms with van der Waals surface area (Å²) in [6.07, 6.45) is 5.70. The molecule has 33 heavy (non-hydrogen) atoms. The molecule has 3 rings (SSSR count). The molecule has 1 aliphatic heterocycles. The summed E-state index contributed by atoms with van der Waals surface area (Å²) in [4.78, 5) is 18.5. The van der Waals surface area contributed by atoms with Crippen molar-refractivity contribution < 1.29 is 13.6 Å². The molecule has 1 heterocycles. The van der Waals surface area contributed by atoms with Crippen LogP contribution in [0.5, 0.6) is 0 Å². The molecule has 2 aromatic rings. The predicted octanol–water partition coefficient (Wildman–Crippen LogP) is 4.99. The van der Waals surface area contributed by atoms with Gasteiger partial charge in [0.15, 0.2) is 0 Å². The van der Waals surface area contributed by atoms with E-state index < -0.39 is 11.7 Å². The molecule has 0 amide bonds. The van der Waals surface area contributed by atoms with Gasteiger partial charge < -0.3 is 16.0 Å². The number of allylic oxidation sites excluding steroid dienone is 2. The summed E-state index contributed by atoms with van der Waals surface area (Å²) in [7, 11) is 0. The van der Waals surface area contributed by atoms with Crippen LogP contribution in [0.1, 0.15) is 18.4 Å². The lowest BCUT2D eigenvalue weighted by Crippen LogP contribution is -2.42. The van der Waals surface area contributed by atoms with Crippen molar-refractivity contribution in [3.05, 3.63) is 78.6 Å². The van der Waals surface area contributed by atoms with E-state index in [1.165, 1.54) is 24.6 Å². The minimum absolute atomic E-state index is 0.0746. The van der Waals surface area contributed by atoms with Gasteiger partial charge in [-0.1, -0.05) is 18.2 Å². The van der Waals surface area contributed by atoms with Gasteiger partial charge in [0, 0.05) is 36.6 Å². The Balaban J connectivity index is 1.65. The molecule has 8 heteroatoms. The summed E-state index contributed by atoms with van der Waals surface area (Å²) in [5, 5.41) is 11.2. The zero-order valence-electron chi connectivity index (χ0n) is 18.4. The van der Waals surface area contributed by atoms with E-state index in [1.807, 2.05) is 31.2 Å². The summed E-state index contributed by atoms with van der Waals surface area (Å²) in [5.74, 6) is -3.21. The number of ketones is 1. The van der Waals surface area contributed by atoms with Gasteiger partial charge in [0.1, 0.15) is 5.71 Å². The molecule has 0 aromatic heterocycles. The zero-order chi connectivity index (χ0) is 23.8. The number of nitrogens with zero attached hydrogens (tertiary/aromatic N) is 2. The molecule has 0 radical (unpaired) electrons. The van der Waals surface area contributed by atoms with Crippen molar-refractivity contribution in [3.63, 3.8) is 0 Å². The first-order chi connectivity index (χ1) is 15.8. The van der Waals surface area contributed by atoms with Crippen LogP contribution in [0.25, 0.3) is 0 Å². The number of benzene rings is 2. The quantitative estimate of drug-likeness (QED) is 0.389. The number of alkyl halides is 2. The maximum atomic E-state index is 13.7. The lowest BCUT2D eigenvalue weighted by atomic mass is 10.1. The number of aryl methyl sites for hydroxylation is 1. The fraction of sp³-hybridized carbons (Fsp3) is 0.240. The number of aliphatic imine (C=N–C) groups is 1. The van der Waals surface area contributed by atoms with E-state index in [0.29, 0.717) is 18.7 Å². The maximum absolute atomic E-state index is 13.7. The third-order valence-electron chi connectivity index (χ3n) is 5.20. The summed E-state index contributed by atoms with van der Waals surface area (Å²) in [6.45, 7) is 2.19. The summed E-state index contributed by atoms with van der Waals surface area (Å²) >= 11 is 0. The Labute approximate surface area is 192 Å². The smallest absolute Gasteiger partial charge is 0.265 e. The minimum atomic E-state index is -2.67. The molecular formula is C25H27F2N5O. The molecule has 1 aliphatic rings. The van der Waals surface area contributed by atoms with Gasteiger partial charge in [-0.2, -0.15) is 0 Å². The van der Waals surface area contributed by atoms with Crippen LogP contribution < -0.4 is 16.0 Å². The summed E-state index contributed by atoms with van der Waals surface area (Å²) in [6, 6.07) is 14.4. The fourth-order valence-electron chi connectivity index (χ4n) is 3.52. The fourth-order valence-corrected chi connectivity index (χ4v) is 3.52. The molecule has 1 saturated heterocycles. The van der Waals surface area contributed by atoms with Crippen LogP contribution in [0.15, 0.2) is 78.1 Å². The highest BCUT2D eigenvalue weighted by Gasteiger charge is 2.35. The Hall–Kier alpha value is -3.81. The number of para-hydroxylation sites is 1. The van der Waals surface area contributed by atoms with Crippen molar-refractivity contribution in [2.45, 2.75) is 25.7 Å². The number of halogens is 2. The van der Waals surface area contributed by atoms with E-state index in [2.05, 4.69) is 10.3 Å². The minimum Gasteiger partial charge on any atom is -0.405 e. The van der Waals surface area contributed by atoms with E-state index in [-0.39, 0.29) is 24.4 Å². The standard InChI is InChI=1S/C25H27F2N5O/c1-18-16-20(32-15-5-12-25(26,27)17-32)8-9-21(18)30-14-11-23(33)24(29)22(10-13-28)31-19-6-3-2-4-7-19/h2-4,6-11,13-14,16,29-30H,5,12,15,17,28H2,1H3/b13-10?,14-11-,29-24?,31-22?. The van der Waals surface area contributed by atoms with E-state index >= 15 is 0 Å². The second-order valence-electron chi connectivity index (χ2n) is 7.79. The van der Waals surface area contributed by atoms with Crippen molar-refractivity contribution in [1.82, 2.24) is 0 Å². The number of hydrogen-bond acceptors (Lipinski definition) is 6. The number of carbonyl (C=O) groups is 1. The van der Waals surface area contributed by atoms with Crippen LogP contribution in [0.3, 0.4) is 0 Å². The SMILES string of the molecule is Cc1cc(N2CCCC(F)(F)C2)ccc1N/C=C\C(=O)C(=N)C(C=CN)=Nc1ccccc1. The average molecular weight is 452 g/mol. The molecule has 0 spiro atoms. The van der Waals surface area contributed by atoms with Gasteiger partial charge in [-0.05, 0) is 61.5 Å². The topological polar surface area (TPSA) is 94.6 Å². The van der Waals surface area contributed by atoms with Gasteiger partial charge in [-0.3, -0.25) is 10.2 Å². The normalized spacial score (nSPS) is 16.3. The molecule has 0 saturated carbocycles. The van der Waals surface area contributed by atoms with Gasteiger partial charge in [0.2, 0.25) is 5.78 Å². The Morgan fingerprint density at radius 1 is 1.21 bits per heavy atom. The van der Waals surface area contributed by atoms with Crippen LogP contribution in [0.4, 0.5) is 25.8 Å². The van der Waals surface area contributed by atoms with Crippen molar-refractivity contribution in [2.24, 2.45) is 10.7 Å². The third-order valence-corrected chi connectivity index (χ3v) is 5.20. The molecule has 0 unspecified atom stereocenters. The van der Waals surface area contributed by atoms with Gasteiger partial charge in [0.25, 0.3) is 5.92 Å². The van der Waals surface area contributed by atoms with E-state index in [4.69, 9.17) is 11.1 Å². The Morgan fingerprint density at radius 3 is 2.64 bits per heavy atom. The number of piperidine rings is 1. The number of carbonyl (C=O) groups excluding carboxylic acids is 1. The second-order valence-corrected chi connectivity index (χ2v) is 7.79. The lowest BCUT2D eigenvalue weighted by molar-refractivity contribution is -0.108. The lowest BCUT2D eigenvalue weighted by Gasteiger charge is -2.34. The highest BCUT2D eigenvalue weighted by molar-refractivity contribution is 6.70. The number of nitrogens with two attached hydrogens (primary N) is 1. The zero-order valence-corrected chi connectivity index (χ0v) is 18.4. The van der Waals surface area contributed by atoms with Crippen molar-refractivity contribution in [3.8, 4) is 0 Å². The van der Waals surface area contributed by atoms with Crippen LogP contribution in [-0.4, -0.2) is 36.2 Å². The number of rotatable bonds is 8. The highest BCUT2D eigenvalue weighted by Crippen LogP contribution is 2.31. The van der Waals surface area contributed by atoms with Crippen LogP contribution in [0.2, 0.25) is 0 Å². The molecule has 2 aromatic carbocycles. The summed E-state index contributed by atoms with van der Waals surface area (Å²) < 4.78 is 27.4. The Kier molecular flexibility index (Phi) is 7.71. The largest absolute Gasteiger partial charge is 0.405 e. The van der Waals surface area contributed by atoms with E-state index in [1.54, 1.807) is 29.2 Å². The first-order valence-electron chi connectivity index (χ1n) is 10.6. The molecule has 4 N–H and O–H groups in total. The average Bonchev–Trinajstić information content (AvgIpc) is 2.79. The van der Waals surface area contributed by atoms with E-state index in [9.17, 15) is 13.6 Å². The second kappa shape index (κ2) is 10.7. The van der Waals surface area contributed by atoms with Gasteiger partial charge in [-0.25, -0.2) is 13.8 Å². The number of hydrogen-bond donors (Lipinski definition) is 3. The molecule has 0 atom stereocenters. The van der Waals surface area contributed by atoms with Crippen LogP contribution in [-0.2, 0) is 4.79 Å². The monoisotopic (exact) mass is 451 g/mol. The third kappa shape index (κ3) is 6.58. The maximum Gasteiger partial charge on any atom is 0.265 e. The Bertz CT molecular complexity index is 1090. The van der Waals surface area contributed by atoms with Crippen LogP contribution in [0, 0.1) is 12.3 Å². The molecule has 0 aliphatic carbocycles. The van der Waals surface area contributed by atoms with Crippen molar-refractivity contribution in [2.75, 3.05) is 23.3 Å². The van der Waals surface area contributed by atoms with Crippen LogP contribution >= 0.6 is 0 Å². The molecule has 1 fully saturated rings. The molecular weight excluding hydrogens is 424 g/mol. The number of nitrogens with one attached hydrogen (secondary N) is 2. The first kappa shape index (κ1) is 23.8. The molecule has 6 nitrogen and oxygen atoms in total.